The van der Waals surface area contributed by atoms with Crippen LogP contribution in [0.1, 0.15) is 56.3 Å². The predicted molar refractivity (Wildman–Crippen MR) is 57.7 cm³/mol. The summed E-state index contributed by atoms with van der Waals surface area (Å²) in [7, 11) is 0. The average Bonchev–Trinajstić information content (AvgIpc) is 2.77. The molecule has 1 aliphatic carbocycles. The highest BCUT2D eigenvalue weighted by Gasteiger charge is 2.42. The smallest absolute Gasteiger partial charge is 0.391 e. The summed E-state index contributed by atoms with van der Waals surface area (Å²) >= 11 is 0. The molecule has 18 heavy (non-hydrogen) atoms. The highest BCUT2D eigenvalue weighted by atomic mass is 19.4. The van der Waals surface area contributed by atoms with Gasteiger partial charge in [0, 0.05) is 5.92 Å². The average molecular weight is 263 g/mol. The van der Waals surface area contributed by atoms with E-state index in [-0.39, 0.29) is 24.8 Å². The second kappa shape index (κ2) is 4.87. The van der Waals surface area contributed by atoms with E-state index in [4.69, 9.17) is 10.2 Å². The standard InChI is InChI=1S/C11H16F3N3O/c1-6(15)9-16-17-10(18-9)7-2-4-8(5-3-7)11(12,13)14/h6-8H,2-5,15H2,1H3. The van der Waals surface area contributed by atoms with Crippen molar-refractivity contribution in [2.75, 3.05) is 0 Å². The lowest BCUT2D eigenvalue weighted by molar-refractivity contribution is -0.182. The van der Waals surface area contributed by atoms with E-state index in [1.54, 1.807) is 6.92 Å². The van der Waals surface area contributed by atoms with Crippen molar-refractivity contribution in [2.24, 2.45) is 11.7 Å². The molecule has 0 bridgehead atoms. The summed E-state index contributed by atoms with van der Waals surface area (Å²) in [5.74, 6) is -0.501. The monoisotopic (exact) mass is 263 g/mol. The first kappa shape index (κ1) is 13.3. The second-order valence-corrected chi connectivity index (χ2v) is 4.86. The number of alkyl halides is 3. The summed E-state index contributed by atoms with van der Waals surface area (Å²) in [5.41, 5.74) is 5.59. The Bertz CT molecular complexity index is 394. The minimum absolute atomic E-state index is 0.0661. The topological polar surface area (TPSA) is 64.9 Å². The van der Waals surface area contributed by atoms with Gasteiger partial charge in [-0.2, -0.15) is 13.2 Å². The Morgan fingerprint density at radius 2 is 1.83 bits per heavy atom. The molecule has 4 nitrogen and oxygen atoms in total. The summed E-state index contributed by atoms with van der Waals surface area (Å²) in [6.45, 7) is 1.72. The van der Waals surface area contributed by atoms with Crippen LogP contribution >= 0.6 is 0 Å². The van der Waals surface area contributed by atoms with Crippen LogP contribution in [0.15, 0.2) is 4.42 Å². The molecule has 1 heterocycles. The third-order valence-electron chi connectivity index (χ3n) is 3.39. The van der Waals surface area contributed by atoms with E-state index in [1.165, 1.54) is 0 Å². The molecular weight excluding hydrogens is 247 g/mol. The van der Waals surface area contributed by atoms with Crippen LogP contribution in [0.25, 0.3) is 0 Å². The van der Waals surface area contributed by atoms with Gasteiger partial charge in [-0.15, -0.1) is 10.2 Å². The Kier molecular flexibility index (Phi) is 3.61. The molecule has 2 rings (SSSR count). The maximum absolute atomic E-state index is 12.5. The molecule has 1 atom stereocenters. The Labute approximate surface area is 103 Å². The molecule has 1 aliphatic rings. The van der Waals surface area contributed by atoms with Crippen molar-refractivity contribution in [1.82, 2.24) is 10.2 Å². The van der Waals surface area contributed by atoms with Crippen molar-refractivity contribution in [3.63, 3.8) is 0 Å². The van der Waals surface area contributed by atoms with E-state index < -0.39 is 12.1 Å². The van der Waals surface area contributed by atoms with Gasteiger partial charge in [-0.05, 0) is 32.6 Å². The quantitative estimate of drug-likeness (QED) is 0.891. The third-order valence-corrected chi connectivity index (χ3v) is 3.39. The molecule has 0 spiro atoms. The highest BCUT2D eigenvalue weighted by Crippen LogP contribution is 2.42. The Morgan fingerprint density at radius 1 is 1.22 bits per heavy atom. The first-order valence-corrected chi connectivity index (χ1v) is 6.03. The fraction of sp³-hybridized carbons (Fsp3) is 0.818. The van der Waals surface area contributed by atoms with Gasteiger partial charge in [-0.25, -0.2) is 0 Å². The van der Waals surface area contributed by atoms with Gasteiger partial charge in [0.25, 0.3) is 0 Å². The van der Waals surface area contributed by atoms with E-state index in [2.05, 4.69) is 10.2 Å². The van der Waals surface area contributed by atoms with Crippen LogP contribution < -0.4 is 5.73 Å². The fourth-order valence-electron chi connectivity index (χ4n) is 2.26. The molecule has 0 aromatic carbocycles. The maximum Gasteiger partial charge on any atom is 0.391 e. The van der Waals surface area contributed by atoms with E-state index >= 15 is 0 Å². The van der Waals surface area contributed by atoms with Crippen LogP contribution in [0, 0.1) is 5.92 Å². The molecule has 1 aromatic rings. The third kappa shape index (κ3) is 2.82. The number of hydrogen-bond acceptors (Lipinski definition) is 4. The largest absolute Gasteiger partial charge is 0.423 e. The molecule has 0 amide bonds. The van der Waals surface area contributed by atoms with Crippen molar-refractivity contribution in [1.29, 1.82) is 0 Å². The van der Waals surface area contributed by atoms with Crippen molar-refractivity contribution in [3.8, 4) is 0 Å². The lowest BCUT2D eigenvalue weighted by Crippen LogP contribution is -2.27. The molecule has 0 aliphatic heterocycles. The number of nitrogens with two attached hydrogens (primary N) is 1. The normalized spacial score (nSPS) is 27.2. The molecule has 0 radical (unpaired) electrons. The number of aromatic nitrogens is 2. The maximum atomic E-state index is 12.5. The Morgan fingerprint density at radius 3 is 2.28 bits per heavy atom. The Balaban J connectivity index is 1.97. The van der Waals surface area contributed by atoms with Crippen molar-refractivity contribution < 1.29 is 17.6 Å². The minimum Gasteiger partial charge on any atom is -0.423 e. The number of halogens is 3. The highest BCUT2D eigenvalue weighted by molar-refractivity contribution is 4.96. The van der Waals surface area contributed by atoms with E-state index in [9.17, 15) is 13.2 Å². The molecule has 2 N–H and O–H groups in total. The van der Waals surface area contributed by atoms with Crippen molar-refractivity contribution >= 4 is 0 Å². The van der Waals surface area contributed by atoms with Crippen molar-refractivity contribution in [2.45, 2.75) is 50.7 Å². The van der Waals surface area contributed by atoms with Gasteiger partial charge in [-0.1, -0.05) is 0 Å². The molecule has 102 valence electrons. The van der Waals surface area contributed by atoms with Gasteiger partial charge in [0.15, 0.2) is 0 Å². The van der Waals surface area contributed by atoms with Crippen LogP contribution in [0.4, 0.5) is 13.2 Å². The summed E-state index contributed by atoms with van der Waals surface area (Å²) in [5, 5.41) is 7.67. The van der Waals surface area contributed by atoms with Crippen LogP contribution in [-0.2, 0) is 0 Å². The molecular formula is C11H16F3N3O. The number of nitrogens with zero attached hydrogens (tertiary/aromatic N) is 2. The van der Waals surface area contributed by atoms with Gasteiger partial charge < -0.3 is 10.2 Å². The first-order valence-electron chi connectivity index (χ1n) is 6.03. The van der Waals surface area contributed by atoms with E-state index in [0.717, 1.165) is 0 Å². The van der Waals surface area contributed by atoms with Crippen LogP contribution in [0.3, 0.4) is 0 Å². The number of hydrogen-bond donors (Lipinski definition) is 1. The lowest BCUT2D eigenvalue weighted by atomic mass is 9.81. The zero-order valence-corrected chi connectivity index (χ0v) is 10.1. The van der Waals surface area contributed by atoms with Crippen LogP contribution in [0.2, 0.25) is 0 Å². The molecule has 1 saturated carbocycles. The second-order valence-electron chi connectivity index (χ2n) is 4.86. The zero-order chi connectivity index (χ0) is 13.3. The fourth-order valence-corrected chi connectivity index (χ4v) is 2.26. The van der Waals surface area contributed by atoms with Gasteiger partial charge in [0.2, 0.25) is 11.8 Å². The van der Waals surface area contributed by atoms with E-state index in [1.807, 2.05) is 0 Å². The van der Waals surface area contributed by atoms with Crippen LogP contribution in [-0.4, -0.2) is 16.4 Å². The summed E-state index contributed by atoms with van der Waals surface area (Å²) in [4.78, 5) is 0. The molecule has 0 saturated heterocycles. The van der Waals surface area contributed by atoms with E-state index in [0.29, 0.717) is 24.6 Å². The molecule has 1 fully saturated rings. The summed E-state index contributed by atoms with van der Waals surface area (Å²) in [6, 6.07) is -0.349. The van der Waals surface area contributed by atoms with Gasteiger partial charge in [0.05, 0.1) is 12.0 Å². The predicted octanol–water partition coefficient (Wildman–Crippen LogP) is 2.93. The van der Waals surface area contributed by atoms with Gasteiger partial charge in [0.1, 0.15) is 0 Å². The lowest BCUT2D eigenvalue weighted by Gasteiger charge is -2.27. The number of rotatable bonds is 2. The molecule has 1 unspecified atom stereocenters. The summed E-state index contributed by atoms with van der Waals surface area (Å²) < 4.78 is 42.9. The van der Waals surface area contributed by atoms with Crippen LogP contribution in [0.5, 0.6) is 0 Å². The zero-order valence-electron chi connectivity index (χ0n) is 10.1. The Hall–Kier alpha value is -1.11. The molecule has 1 aromatic heterocycles. The SMILES string of the molecule is CC(N)c1nnc(C2CCC(C(F)(F)F)CC2)o1. The minimum atomic E-state index is -4.09. The first-order chi connectivity index (χ1) is 8.38. The molecule has 7 heteroatoms. The summed E-state index contributed by atoms with van der Waals surface area (Å²) in [6.07, 6.45) is -2.96. The van der Waals surface area contributed by atoms with Gasteiger partial charge >= 0.3 is 6.18 Å². The van der Waals surface area contributed by atoms with Gasteiger partial charge in [-0.3, -0.25) is 0 Å². The van der Waals surface area contributed by atoms with Crippen molar-refractivity contribution in [3.05, 3.63) is 11.8 Å².